The van der Waals surface area contributed by atoms with E-state index in [0.717, 1.165) is 5.56 Å². The summed E-state index contributed by atoms with van der Waals surface area (Å²) < 4.78 is 16.2. The van der Waals surface area contributed by atoms with Crippen LogP contribution < -0.4 is 19.5 Å². The number of rotatable bonds is 7. The molecule has 3 aromatic rings. The summed E-state index contributed by atoms with van der Waals surface area (Å²) in [5.74, 6) is 1.45. The van der Waals surface area contributed by atoms with Gasteiger partial charge in [-0.2, -0.15) is 0 Å². The summed E-state index contributed by atoms with van der Waals surface area (Å²) >= 11 is 12.0. The van der Waals surface area contributed by atoms with E-state index in [1.54, 1.807) is 62.8 Å². The number of hydrogen-bond acceptors (Lipinski definition) is 4. The number of methoxy groups -OCH3 is 2. The summed E-state index contributed by atoms with van der Waals surface area (Å²) in [7, 11) is 3.10. The van der Waals surface area contributed by atoms with Crippen molar-refractivity contribution in [3.05, 3.63) is 81.8 Å². The van der Waals surface area contributed by atoms with Crippen LogP contribution in [0.3, 0.4) is 0 Å². The van der Waals surface area contributed by atoms with Crippen LogP contribution in [0.4, 0.5) is 5.69 Å². The Morgan fingerprint density at radius 3 is 2.21 bits per heavy atom. The Balaban J connectivity index is 1.62. The number of carbonyl (C=O) groups excluding carboxylic acids is 1. The molecule has 1 amide bonds. The van der Waals surface area contributed by atoms with Crippen LogP contribution in [0.5, 0.6) is 17.2 Å². The van der Waals surface area contributed by atoms with Crippen LogP contribution in [0.15, 0.2) is 60.7 Å². The molecule has 29 heavy (non-hydrogen) atoms. The third-order valence-electron chi connectivity index (χ3n) is 4.15. The van der Waals surface area contributed by atoms with Gasteiger partial charge in [0.2, 0.25) is 0 Å². The van der Waals surface area contributed by atoms with E-state index in [1.807, 2.05) is 12.1 Å². The second-order valence-corrected chi connectivity index (χ2v) is 6.93. The van der Waals surface area contributed by atoms with Gasteiger partial charge in [0, 0.05) is 22.3 Å². The predicted molar refractivity (Wildman–Crippen MR) is 115 cm³/mol. The minimum Gasteiger partial charge on any atom is -0.493 e. The molecular formula is C22H19Cl2NO4. The van der Waals surface area contributed by atoms with Crippen molar-refractivity contribution in [2.75, 3.05) is 19.5 Å². The Kier molecular flexibility index (Phi) is 6.86. The van der Waals surface area contributed by atoms with Crippen molar-refractivity contribution < 1.29 is 19.0 Å². The number of hydrogen-bond donors (Lipinski definition) is 1. The summed E-state index contributed by atoms with van der Waals surface area (Å²) in [6, 6.07) is 17.4. The number of anilines is 1. The molecule has 0 atom stereocenters. The van der Waals surface area contributed by atoms with Gasteiger partial charge in [-0.3, -0.25) is 4.79 Å². The number of carbonyl (C=O) groups is 1. The normalized spacial score (nSPS) is 10.3. The lowest BCUT2D eigenvalue weighted by molar-refractivity contribution is 0.102. The maximum atomic E-state index is 12.5. The van der Waals surface area contributed by atoms with Gasteiger partial charge in [0.15, 0.2) is 11.5 Å². The molecule has 0 saturated heterocycles. The third kappa shape index (κ3) is 5.34. The highest BCUT2D eigenvalue weighted by atomic mass is 35.5. The fourth-order valence-corrected chi connectivity index (χ4v) is 3.09. The van der Waals surface area contributed by atoms with Gasteiger partial charge in [-0.05, 0) is 48.0 Å². The number of halogens is 2. The summed E-state index contributed by atoms with van der Waals surface area (Å²) in [5.41, 5.74) is 2.03. The zero-order valence-electron chi connectivity index (χ0n) is 15.9. The molecule has 0 radical (unpaired) electrons. The highest BCUT2D eigenvalue weighted by Gasteiger charge is 2.10. The van der Waals surface area contributed by atoms with Crippen molar-refractivity contribution in [2.24, 2.45) is 0 Å². The molecule has 3 aromatic carbocycles. The van der Waals surface area contributed by atoms with E-state index in [4.69, 9.17) is 37.4 Å². The van der Waals surface area contributed by atoms with Gasteiger partial charge in [0.25, 0.3) is 5.91 Å². The Bertz CT molecular complexity index is 1010. The molecule has 0 saturated carbocycles. The Labute approximate surface area is 179 Å². The van der Waals surface area contributed by atoms with Crippen molar-refractivity contribution in [3.8, 4) is 17.2 Å². The van der Waals surface area contributed by atoms with E-state index in [-0.39, 0.29) is 5.91 Å². The average Bonchev–Trinajstić information content (AvgIpc) is 2.73. The monoisotopic (exact) mass is 431 g/mol. The van der Waals surface area contributed by atoms with Gasteiger partial charge in [-0.1, -0.05) is 35.3 Å². The molecule has 7 heteroatoms. The standard InChI is InChI=1S/C22H19Cl2NO4/c1-27-20-10-8-17(12-21(20)28-2)25-22(26)15-5-3-14(4-6-15)13-29-19-9-7-16(23)11-18(19)24/h3-12H,13H2,1-2H3,(H,25,26). The maximum absolute atomic E-state index is 12.5. The smallest absolute Gasteiger partial charge is 0.255 e. The van der Waals surface area contributed by atoms with Gasteiger partial charge in [-0.25, -0.2) is 0 Å². The summed E-state index contributed by atoms with van der Waals surface area (Å²) in [6.45, 7) is 0.318. The molecule has 0 bridgehead atoms. The Hall–Kier alpha value is -2.89. The van der Waals surface area contributed by atoms with Crippen LogP contribution in [0, 0.1) is 0 Å². The molecule has 0 heterocycles. The average molecular weight is 432 g/mol. The van der Waals surface area contributed by atoms with Crippen LogP contribution in [0.1, 0.15) is 15.9 Å². The zero-order valence-corrected chi connectivity index (χ0v) is 17.4. The minimum atomic E-state index is -0.231. The largest absolute Gasteiger partial charge is 0.493 e. The lowest BCUT2D eigenvalue weighted by atomic mass is 10.1. The fraction of sp³-hybridized carbons (Fsp3) is 0.136. The number of ether oxygens (including phenoxy) is 3. The van der Waals surface area contributed by atoms with E-state index < -0.39 is 0 Å². The molecule has 3 rings (SSSR count). The summed E-state index contributed by atoms with van der Waals surface area (Å²) in [6.07, 6.45) is 0. The topological polar surface area (TPSA) is 56.8 Å². The minimum absolute atomic E-state index is 0.231. The molecule has 0 aliphatic rings. The molecule has 0 spiro atoms. The SMILES string of the molecule is COc1ccc(NC(=O)c2ccc(COc3ccc(Cl)cc3Cl)cc2)cc1OC. The molecule has 0 aliphatic heterocycles. The lowest BCUT2D eigenvalue weighted by Gasteiger charge is -2.11. The van der Waals surface area contributed by atoms with Crippen molar-refractivity contribution in [2.45, 2.75) is 6.61 Å². The maximum Gasteiger partial charge on any atom is 0.255 e. The molecule has 0 unspecified atom stereocenters. The van der Waals surface area contributed by atoms with Crippen molar-refractivity contribution in [1.82, 2.24) is 0 Å². The Morgan fingerprint density at radius 2 is 1.55 bits per heavy atom. The molecule has 0 aromatic heterocycles. The van der Waals surface area contributed by atoms with Crippen LogP contribution >= 0.6 is 23.2 Å². The summed E-state index contributed by atoms with van der Waals surface area (Å²) in [4.78, 5) is 12.5. The van der Waals surface area contributed by atoms with E-state index in [2.05, 4.69) is 5.32 Å². The van der Waals surface area contributed by atoms with Gasteiger partial charge >= 0.3 is 0 Å². The van der Waals surface area contributed by atoms with Crippen LogP contribution in [0.2, 0.25) is 10.0 Å². The van der Waals surface area contributed by atoms with Gasteiger partial charge < -0.3 is 19.5 Å². The number of amides is 1. The van der Waals surface area contributed by atoms with Crippen molar-refractivity contribution in [1.29, 1.82) is 0 Å². The van der Waals surface area contributed by atoms with Crippen LogP contribution in [-0.4, -0.2) is 20.1 Å². The highest BCUT2D eigenvalue weighted by Crippen LogP contribution is 2.30. The van der Waals surface area contributed by atoms with E-state index in [9.17, 15) is 4.79 Å². The molecule has 5 nitrogen and oxygen atoms in total. The molecule has 0 aliphatic carbocycles. The van der Waals surface area contributed by atoms with Crippen LogP contribution in [-0.2, 0) is 6.61 Å². The first-order valence-electron chi connectivity index (χ1n) is 8.70. The first-order chi connectivity index (χ1) is 14.0. The number of benzene rings is 3. The molecule has 0 fully saturated rings. The second kappa shape index (κ2) is 9.54. The molecule has 1 N–H and O–H groups in total. The quantitative estimate of drug-likeness (QED) is 0.510. The van der Waals surface area contributed by atoms with Crippen molar-refractivity contribution in [3.63, 3.8) is 0 Å². The van der Waals surface area contributed by atoms with Gasteiger partial charge in [0.05, 0.1) is 19.2 Å². The van der Waals surface area contributed by atoms with E-state index in [0.29, 0.717) is 45.2 Å². The lowest BCUT2D eigenvalue weighted by Crippen LogP contribution is -2.12. The third-order valence-corrected chi connectivity index (χ3v) is 4.68. The van der Waals surface area contributed by atoms with Crippen LogP contribution in [0.25, 0.3) is 0 Å². The highest BCUT2D eigenvalue weighted by molar-refractivity contribution is 6.35. The summed E-state index contributed by atoms with van der Waals surface area (Å²) in [5, 5.41) is 3.83. The second-order valence-electron chi connectivity index (χ2n) is 6.08. The van der Waals surface area contributed by atoms with Gasteiger partial charge in [-0.15, -0.1) is 0 Å². The molecular weight excluding hydrogens is 413 g/mol. The van der Waals surface area contributed by atoms with Gasteiger partial charge in [0.1, 0.15) is 12.4 Å². The molecule has 150 valence electrons. The predicted octanol–water partition coefficient (Wildman–Crippen LogP) is 5.84. The first-order valence-corrected chi connectivity index (χ1v) is 9.46. The fourth-order valence-electron chi connectivity index (χ4n) is 2.62. The zero-order chi connectivity index (χ0) is 20.8. The van der Waals surface area contributed by atoms with E-state index in [1.165, 1.54) is 0 Å². The van der Waals surface area contributed by atoms with E-state index >= 15 is 0 Å². The van der Waals surface area contributed by atoms with Crippen molar-refractivity contribution >= 4 is 34.8 Å². The number of nitrogens with one attached hydrogen (secondary N) is 1. The first kappa shape index (κ1) is 20.8. The Morgan fingerprint density at radius 1 is 0.862 bits per heavy atom.